The van der Waals surface area contributed by atoms with Crippen LogP contribution in [-0.4, -0.2) is 59.8 Å². The predicted molar refractivity (Wildman–Crippen MR) is 139 cm³/mol. The molecule has 208 valence electrons. The van der Waals surface area contributed by atoms with Crippen LogP contribution in [0.25, 0.3) is 0 Å². The molecular weight excluding hydrogens is 500 g/mol. The number of nitrogens with one attached hydrogen (secondary N) is 2. The summed E-state index contributed by atoms with van der Waals surface area (Å²) in [4.78, 5) is 0. The lowest BCUT2D eigenvalue weighted by molar-refractivity contribution is 0.00549. The highest BCUT2D eigenvalue weighted by molar-refractivity contribution is 7.91. The highest BCUT2D eigenvalue weighted by Crippen LogP contribution is 2.68. The van der Waals surface area contributed by atoms with E-state index in [0.29, 0.717) is 38.5 Å². The number of aliphatic hydroxyl groups is 2. The maximum Gasteiger partial charge on any atom is 0.221 e. The van der Waals surface area contributed by atoms with E-state index in [1.165, 1.54) is 0 Å². The molecule has 0 spiro atoms. The lowest BCUT2D eigenvalue weighted by Crippen LogP contribution is -2.67. The van der Waals surface area contributed by atoms with Crippen molar-refractivity contribution in [3.8, 4) is 0 Å². The number of rotatable bonds is 6. The molecule has 0 radical (unpaired) electrons. The molecule has 36 heavy (non-hydrogen) atoms. The first-order valence-corrected chi connectivity index (χ1v) is 16.7. The molecule has 0 amide bonds. The summed E-state index contributed by atoms with van der Waals surface area (Å²) in [6.07, 6.45) is 5.90. The zero-order chi connectivity index (χ0) is 26.8. The first-order chi connectivity index (χ1) is 16.3. The number of sulfonamides is 2. The quantitative estimate of drug-likeness (QED) is 0.405. The van der Waals surface area contributed by atoms with Crippen LogP contribution >= 0.6 is 0 Å². The van der Waals surface area contributed by atoms with Crippen LogP contribution in [0.4, 0.5) is 0 Å². The van der Waals surface area contributed by atoms with Gasteiger partial charge >= 0.3 is 0 Å². The van der Waals surface area contributed by atoms with Crippen molar-refractivity contribution in [3.63, 3.8) is 0 Å². The molecule has 8 nitrogen and oxygen atoms in total. The van der Waals surface area contributed by atoms with Crippen molar-refractivity contribution in [1.29, 1.82) is 0 Å². The van der Waals surface area contributed by atoms with Crippen LogP contribution in [0.1, 0.15) is 106 Å². The molecule has 10 heteroatoms. The van der Waals surface area contributed by atoms with E-state index in [4.69, 9.17) is 0 Å². The third-order valence-corrected chi connectivity index (χ3v) is 17.5. The molecule has 3 unspecified atom stereocenters. The van der Waals surface area contributed by atoms with E-state index in [0.717, 1.165) is 25.7 Å². The van der Waals surface area contributed by atoms with Crippen molar-refractivity contribution in [2.45, 2.75) is 139 Å². The molecule has 8 atom stereocenters. The Labute approximate surface area is 217 Å². The van der Waals surface area contributed by atoms with Crippen LogP contribution < -0.4 is 9.44 Å². The summed E-state index contributed by atoms with van der Waals surface area (Å²) in [5.74, 6) is 0.261. The van der Waals surface area contributed by atoms with Crippen LogP contribution in [-0.2, 0) is 20.0 Å². The molecule has 0 aromatic heterocycles. The van der Waals surface area contributed by atoms with E-state index < -0.39 is 63.7 Å². The minimum absolute atomic E-state index is 0.131. The molecule has 0 aliphatic heterocycles. The molecular formula is C26H46N2O6S2. The van der Waals surface area contributed by atoms with Gasteiger partial charge in [0.25, 0.3) is 0 Å². The molecule has 5 rings (SSSR count). The molecule has 5 saturated carbocycles. The Morgan fingerprint density at radius 1 is 0.611 bits per heavy atom. The van der Waals surface area contributed by atoms with Crippen molar-refractivity contribution >= 4 is 20.0 Å². The molecule has 0 aromatic carbocycles. The average molecular weight is 547 g/mol. The summed E-state index contributed by atoms with van der Waals surface area (Å²) in [7, 11) is -7.99. The topological polar surface area (TPSA) is 133 Å². The SMILES string of the molecule is CC1(O)C[C@H]2CCC1(S(=O)(=O)N[C@@H]1CCCC[C@H]1NS(=O)(=O)C13CC[C@@H](C[C@]1(C)O)C3(C)C)C2(C)C. The maximum absolute atomic E-state index is 14.1. The average Bonchev–Trinajstić information content (AvgIpc) is 3.25. The van der Waals surface area contributed by atoms with Crippen LogP contribution in [0.3, 0.4) is 0 Å². The van der Waals surface area contributed by atoms with E-state index in [1.54, 1.807) is 13.8 Å². The normalized spacial score (nSPS) is 49.6. The van der Waals surface area contributed by atoms with Gasteiger partial charge in [0.05, 0.1) is 11.2 Å². The fourth-order valence-corrected chi connectivity index (χ4v) is 15.8. The molecule has 4 N–H and O–H groups in total. The summed E-state index contributed by atoms with van der Waals surface area (Å²) in [5.41, 5.74) is -3.87. The van der Waals surface area contributed by atoms with Crippen molar-refractivity contribution < 1.29 is 27.0 Å². The summed E-state index contributed by atoms with van der Waals surface area (Å²) in [5, 5.41) is 22.7. The third-order valence-electron chi connectivity index (χ3n) is 12.1. The second kappa shape index (κ2) is 7.68. The Kier molecular flexibility index (Phi) is 5.83. The lowest BCUT2D eigenvalue weighted by atomic mass is 9.77. The summed E-state index contributed by atoms with van der Waals surface area (Å²) in [6.45, 7) is 11.1. The van der Waals surface area contributed by atoms with Gasteiger partial charge in [-0.1, -0.05) is 40.5 Å². The smallest absolute Gasteiger partial charge is 0.221 e. The largest absolute Gasteiger partial charge is 0.388 e. The van der Waals surface area contributed by atoms with Gasteiger partial charge in [0, 0.05) is 12.1 Å². The third kappa shape index (κ3) is 3.06. The van der Waals surface area contributed by atoms with Crippen LogP contribution in [0.5, 0.6) is 0 Å². The molecule has 0 saturated heterocycles. The molecule has 4 bridgehead atoms. The monoisotopic (exact) mass is 546 g/mol. The Morgan fingerprint density at radius 2 is 0.944 bits per heavy atom. The highest BCUT2D eigenvalue weighted by atomic mass is 32.2. The van der Waals surface area contributed by atoms with Gasteiger partial charge in [0.2, 0.25) is 20.0 Å². The van der Waals surface area contributed by atoms with E-state index in [1.807, 2.05) is 27.7 Å². The van der Waals surface area contributed by atoms with E-state index in [9.17, 15) is 27.0 Å². The first-order valence-electron chi connectivity index (χ1n) is 13.8. The Bertz CT molecular complexity index is 1050. The zero-order valence-corrected chi connectivity index (χ0v) is 24.4. The van der Waals surface area contributed by atoms with Crippen LogP contribution in [0.15, 0.2) is 0 Å². The molecule has 0 heterocycles. The highest BCUT2D eigenvalue weighted by Gasteiger charge is 2.77. The van der Waals surface area contributed by atoms with Crippen LogP contribution in [0.2, 0.25) is 0 Å². The molecule has 0 aromatic rings. The Balaban J connectivity index is 1.45. The molecule has 5 fully saturated rings. The molecule has 5 aliphatic rings. The van der Waals surface area contributed by atoms with Gasteiger partial charge in [0.15, 0.2) is 0 Å². The van der Waals surface area contributed by atoms with Gasteiger partial charge in [-0.15, -0.1) is 0 Å². The second-order valence-electron chi connectivity index (χ2n) is 14.3. The fraction of sp³-hybridized carbons (Fsp3) is 1.00. The number of hydrogen-bond donors (Lipinski definition) is 4. The summed E-state index contributed by atoms with van der Waals surface area (Å²) >= 11 is 0. The van der Waals surface area contributed by atoms with Crippen molar-refractivity contribution in [1.82, 2.24) is 9.44 Å². The van der Waals surface area contributed by atoms with Crippen molar-refractivity contribution in [3.05, 3.63) is 0 Å². The van der Waals surface area contributed by atoms with E-state index >= 15 is 0 Å². The Morgan fingerprint density at radius 3 is 1.19 bits per heavy atom. The minimum Gasteiger partial charge on any atom is -0.388 e. The van der Waals surface area contributed by atoms with Gasteiger partial charge in [-0.2, -0.15) is 0 Å². The number of fused-ring (bicyclic) bond motifs is 4. The van der Waals surface area contributed by atoms with E-state index in [2.05, 4.69) is 9.44 Å². The second-order valence-corrected chi connectivity index (χ2v) is 18.1. The summed E-state index contributed by atoms with van der Waals surface area (Å²) in [6, 6.07) is -1.19. The molecule has 5 aliphatic carbocycles. The zero-order valence-electron chi connectivity index (χ0n) is 22.7. The maximum atomic E-state index is 14.1. The predicted octanol–water partition coefficient (Wildman–Crippen LogP) is 2.80. The Hall–Kier alpha value is -0.260. The van der Waals surface area contributed by atoms with Gasteiger partial charge < -0.3 is 10.2 Å². The fourth-order valence-electron chi connectivity index (χ4n) is 10.3. The van der Waals surface area contributed by atoms with Gasteiger partial charge in [-0.05, 0) is 87.9 Å². The first kappa shape index (κ1) is 27.3. The number of hydrogen-bond acceptors (Lipinski definition) is 6. The van der Waals surface area contributed by atoms with Gasteiger partial charge in [0.1, 0.15) is 9.49 Å². The van der Waals surface area contributed by atoms with Gasteiger partial charge in [-0.25, -0.2) is 26.3 Å². The van der Waals surface area contributed by atoms with Crippen LogP contribution in [0, 0.1) is 22.7 Å². The van der Waals surface area contributed by atoms with Crippen molar-refractivity contribution in [2.75, 3.05) is 0 Å². The minimum atomic E-state index is -3.99. The van der Waals surface area contributed by atoms with Gasteiger partial charge in [-0.3, -0.25) is 0 Å². The van der Waals surface area contributed by atoms with Crippen molar-refractivity contribution in [2.24, 2.45) is 22.7 Å². The standard InChI is InChI=1S/C26H46N2O6S2/c1-21(2)17-11-13-25(21,23(5,29)15-17)35(31,32)27-19-9-7-8-10-20(19)28-36(33,34)26-14-12-18(22(26,3)4)16-24(26,6)30/h17-20,27-30H,7-16H2,1-6H3/t17-,18+,19-,20-,23?,24+,25?,26?/m1/s1. The lowest BCUT2D eigenvalue weighted by Gasteiger charge is -2.48. The summed E-state index contributed by atoms with van der Waals surface area (Å²) < 4.78 is 59.7. The van der Waals surface area contributed by atoms with E-state index in [-0.39, 0.29) is 11.8 Å².